The van der Waals surface area contributed by atoms with Crippen molar-refractivity contribution in [2.24, 2.45) is 5.41 Å². The Morgan fingerprint density at radius 3 is 2.45 bits per heavy atom. The highest BCUT2D eigenvalue weighted by molar-refractivity contribution is 6.31. The van der Waals surface area contributed by atoms with E-state index in [9.17, 15) is 9.59 Å². The number of ketones is 1. The van der Waals surface area contributed by atoms with Gasteiger partial charge < -0.3 is 20.0 Å². The summed E-state index contributed by atoms with van der Waals surface area (Å²) >= 11 is 6.81. The third-order valence-electron chi connectivity index (χ3n) is 8.12. The maximum absolute atomic E-state index is 13.9. The van der Waals surface area contributed by atoms with Gasteiger partial charge in [0.25, 0.3) is 0 Å². The van der Waals surface area contributed by atoms with Gasteiger partial charge in [0.1, 0.15) is 5.82 Å². The summed E-state index contributed by atoms with van der Waals surface area (Å²) < 4.78 is 0. The van der Waals surface area contributed by atoms with Crippen LogP contribution < -0.4 is 15.1 Å². The van der Waals surface area contributed by atoms with Crippen LogP contribution in [0.1, 0.15) is 38.3 Å². The zero-order valence-electron chi connectivity index (χ0n) is 22.9. The van der Waals surface area contributed by atoms with Gasteiger partial charge >= 0.3 is 0 Å². The van der Waals surface area contributed by atoms with Crippen LogP contribution in [0, 0.1) is 5.41 Å². The summed E-state index contributed by atoms with van der Waals surface area (Å²) in [4.78, 5) is 38.5. The number of nitrogens with zero attached hydrogens (tertiary/aromatic N) is 4. The predicted molar refractivity (Wildman–Crippen MR) is 160 cm³/mol. The molecule has 2 aromatic carbocycles. The van der Waals surface area contributed by atoms with Crippen molar-refractivity contribution >= 4 is 40.5 Å². The fourth-order valence-corrected chi connectivity index (χ4v) is 6.46. The molecule has 1 atom stereocenters. The molecule has 7 nitrogen and oxygen atoms in total. The SMILES string of the molecule is CC1(C)CC(=O)C2=C(C1)Nc1ccccc1N(CC(=O)N1CCN(c3ccccn3)CC1)C2c1ccccc1Cl. The molecule has 3 aliphatic rings. The maximum atomic E-state index is 13.9. The molecule has 1 aliphatic carbocycles. The van der Waals surface area contributed by atoms with Crippen LogP contribution in [0.2, 0.25) is 5.02 Å². The summed E-state index contributed by atoms with van der Waals surface area (Å²) in [6.07, 6.45) is 2.98. The third-order valence-corrected chi connectivity index (χ3v) is 8.46. The molecule has 2 aliphatic heterocycles. The van der Waals surface area contributed by atoms with E-state index in [0.29, 0.717) is 30.1 Å². The summed E-state index contributed by atoms with van der Waals surface area (Å²) in [6.45, 7) is 7.05. The Morgan fingerprint density at radius 1 is 0.975 bits per heavy atom. The van der Waals surface area contributed by atoms with Crippen LogP contribution in [-0.4, -0.2) is 54.3 Å². The number of allylic oxidation sites excluding steroid dienone is 1. The minimum absolute atomic E-state index is 0.0279. The fourth-order valence-electron chi connectivity index (χ4n) is 6.22. The Bertz CT molecular complexity index is 1460. The normalized spacial score (nSPS) is 20.4. The molecular formula is C32H34ClN5O2. The molecular weight excluding hydrogens is 522 g/mol. The lowest BCUT2D eigenvalue weighted by Crippen LogP contribution is -2.52. The Kier molecular flexibility index (Phi) is 7.00. The minimum Gasteiger partial charge on any atom is -0.357 e. The van der Waals surface area contributed by atoms with Crippen LogP contribution in [-0.2, 0) is 9.59 Å². The number of Topliss-reactive ketones (excluding diaryl/α,β-unsaturated/α-hetero) is 1. The highest BCUT2D eigenvalue weighted by Crippen LogP contribution is 2.49. The lowest BCUT2D eigenvalue weighted by Gasteiger charge is -2.40. The standard InChI is InChI=1S/C32H34ClN5O2/c1-32(2)19-25-30(27(39)20-32)31(22-9-3-4-10-23(22)33)38(26-12-6-5-11-24(26)35-25)21-29(40)37-17-15-36(16-18-37)28-13-7-8-14-34-28/h3-14,31,35H,15-21H2,1-2H3. The molecule has 1 unspecified atom stereocenters. The number of amides is 1. The van der Waals surface area contributed by atoms with E-state index in [1.165, 1.54) is 0 Å². The second-order valence-corrected chi connectivity index (χ2v) is 12.0. The Labute approximate surface area is 240 Å². The molecule has 1 fully saturated rings. The van der Waals surface area contributed by atoms with Gasteiger partial charge in [-0.05, 0) is 47.7 Å². The van der Waals surface area contributed by atoms with Gasteiger partial charge in [-0.2, -0.15) is 0 Å². The van der Waals surface area contributed by atoms with Gasteiger partial charge in [0.15, 0.2) is 5.78 Å². The first kappa shape index (κ1) is 26.4. The number of fused-ring (bicyclic) bond motifs is 1. The number of pyridine rings is 1. The quantitative estimate of drug-likeness (QED) is 0.445. The van der Waals surface area contributed by atoms with E-state index < -0.39 is 6.04 Å². The Morgan fingerprint density at radius 2 is 1.70 bits per heavy atom. The zero-order chi connectivity index (χ0) is 27.9. The van der Waals surface area contributed by atoms with E-state index >= 15 is 0 Å². The molecule has 8 heteroatoms. The number of carbonyl (C=O) groups is 2. The average molecular weight is 556 g/mol. The third kappa shape index (κ3) is 5.06. The number of hydrogen-bond acceptors (Lipinski definition) is 6. The van der Waals surface area contributed by atoms with Gasteiger partial charge in [0.05, 0.1) is 24.0 Å². The molecule has 206 valence electrons. The highest BCUT2D eigenvalue weighted by Gasteiger charge is 2.42. The van der Waals surface area contributed by atoms with Crippen molar-refractivity contribution in [3.05, 3.63) is 94.8 Å². The van der Waals surface area contributed by atoms with Crippen molar-refractivity contribution in [2.75, 3.05) is 47.8 Å². The van der Waals surface area contributed by atoms with Crippen LogP contribution >= 0.6 is 11.6 Å². The van der Waals surface area contributed by atoms with Crippen molar-refractivity contribution in [3.8, 4) is 0 Å². The zero-order valence-corrected chi connectivity index (χ0v) is 23.7. The van der Waals surface area contributed by atoms with Crippen LogP contribution in [0.15, 0.2) is 84.2 Å². The Balaban J connectivity index is 1.37. The van der Waals surface area contributed by atoms with Crippen molar-refractivity contribution in [1.29, 1.82) is 0 Å². The number of nitrogens with one attached hydrogen (secondary N) is 1. The summed E-state index contributed by atoms with van der Waals surface area (Å²) in [6, 6.07) is 21.1. The van der Waals surface area contributed by atoms with E-state index in [0.717, 1.165) is 48.0 Å². The molecule has 3 aromatic rings. The van der Waals surface area contributed by atoms with Crippen molar-refractivity contribution < 1.29 is 9.59 Å². The second-order valence-electron chi connectivity index (χ2n) is 11.6. The van der Waals surface area contributed by atoms with Crippen LogP contribution in [0.5, 0.6) is 0 Å². The van der Waals surface area contributed by atoms with Crippen molar-refractivity contribution in [3.63, 3.8) is 0 Å². The molecule has 40 heavy (non-hydrogen) atoms. The first-order valence-corrected chi connectivity index (χ1v) is 14.3. The molecule has 1 aromatic heterocycles. The summed E-state index contributed by atoms with van der Waals surface area (Å²) in [5.41, 5.74) is 4.06. The molecule has 3 heterocycles. The van der Waals surface area contributed by atoms with E-state index in [1.807, 2.05) is 71.6 Å². The van der Waals surface area contributed by atoms with Gasteiger partial charge in [-0.25, -0.2) is 4.98 Å². The first-order valence-electron chi connectivity index (χ1n) is 13.9. The number of halogens is 1. The van der Waals surface area contributed by atoms with E-state index in [2.05, 4.69) is 33.9 Å². The first-order chi connectivity index (χ1) is 19.3. The number of para-hydroxylation sites is 2. The topological polar surface area (TPSA) is 68.8 Å². The van der Waals surface area contributed by atoms with E-state index in [1.54, 1.807) is 6.20 Å². The molecule has 1 N–H and O–H groups in total. The largest absolute Gasteiger partial charge is 0.357 e. The number of aromatic nitrogens is 1. The molecule has 6 rings (SSSR count). The molecule has 1 saturated heterocycles. The Hall–Kier alpha value is -3.84. The maximum Gasteiger partial charge on any atom is 0.242 e. The summed E-state index contributed by atoms with van der Waals surface area (Å²) in [5, 5.41) is 4.19. The van der Waals surface area contributed by atoms with E-state index in [4.69, 9.17) is 11.6 Å². The smallest absolute Gasteiger partial charge is 0.242 e. The number of benzene rings is 2. The van der Waals surface area contributed by atoms with Crippen LogP contribution in [0.4, 0.5) is 17.2 Å². The summed E-state index contributed by atoms with van der Waals surface area (Å²) in [5.74, 6) is 1.05. The van der Waals surface area contributed by atoms with Gasteiger partial charge in [0, 0.05) is 55.1 Å². The number of rotatable bonds is 4. The molecule has 0 spiro atoms. The number of carbonyl (C=O) groups excluding carboxylic acids is 2. The molecule has 0 radical (unpaired) electrons. The molecule has 0 saturated carbocycles. The minimum atomic E-state index is -0.484. The summed E-state index contributed by atoms with van der Waals surface area (Å²) in [7, 11) is 0. The highest BCUT2D eigenvalue weighted by atomic mass is 35.5. The lowest BCUT2D eigenvalue weighted by atomic mass is 9.73. The van der Waals surface area contributed by atoms with Gasteiger partial charge in [-0.3, -0.25) is 9.59 Å². The van der Waals surface area contributed by atoms with Gasteiger partial charge in [-0.1, -0.05) is 61.8 Å². The van der Waals surface area contributed by atoms with Gasteiger partial charge in [-0.15, -0.1) is 0 Å². The number of anilines is 3. The second kappa shape index (κ2) is 10.6. The van der Waals surface area contributed by atoms with E-state index in [-0.39, 0.29) is 23.7 Å². The molecule has 0 bridgehead atoms. The van der Waals surface area contributed by atoms with Crippen LogP contribution in [0.3, 0.4) is 0 Å². The molecule has 1 amide bonds. The average Bonchev–Trinajstić information content (AvgIpc) is 3.07. The number of hydrogen-bond donors (Lipinski definition) is 1. The van der Waals surface area contributed by atoms with Gasteiger partial charge in [0.2, 0.25) is 5.91 Å². The van der Waals surface area contributed by atoms with Crippen LogP contribution in [0.25, 0.3) is 0 Å². The fraction of sp³-hybridized carbons (Fsp3) is 0.344. The number of piperazine rings is 1. The van der Waals surface area contributed by atoms with Crippen molar-refractivity contribution in [1.82, 2.24) is 9.88 Å². The predicted octanol–water partition coefficient (Wildman–Crippen LogP) is 5.70. The van der Waals surface area contributed by atoms with Crippen molar-refractivity contribution in [2.45, 2.75) is 32.7 Å². The lowest BCUT2D eigenvalue weighted by molar-refractivity contribution is -0.130. The monoisotopic (exact) mass is 555 g/mol.